The van der Waals surface area contributed by atoms with Gasteiger partial charge in [0.2, 0.25) is 5.91 Å². The Morgan fingerprint density at radius 1 is 1.04 bits per heavy atom. The summed E-state index contributed by atoms with van der Waals surface area (Å²) in [5, 5.41) is 11.5. The zero-order chi connectivity index (χ0) is 18.4. The van der Waals surface area contributed by atoms with Crippen LogP contribution in [0.5, 0.6) is 5.75 Å². The number of anilines is 1. The fraction of sp³-hybridized carbons (Fsp3) is 0.250. The molecule has 0 aliphatic heterocycles. The Balaban J connectivity index is 1.41. The summed E-state index contributed by atoms with van der Waals surface area (Å²) in [6.07, 6.45) is 1.89. The van der Waals surface area contributed by atoms with Gasteiger partial charge in [-0.3, -0.25) is 4.79 Å². The van der Waals surface area contributed by atoms with Gasteiger partial charge in [-0.25, -0.2) is 4.79 Å². The van der Waals surface area contributed by atoms with E-state index in [1.165, 1.54) is 0 Å². The molecule has 1 N–H and O–H groups in total. The maximum Gasteiger partial charge on any atom is 0.338 e. The van der Waals surface area contributed by atoms with E-state index in [0.717, 1.165) is 12.8 Å². The Labute approximate surface area is 151 Å². The number of benzene rings is 2. The molecule has 0 bridgehead atoms. The van der Waals surface area contributed by atoms with E-state index in [-0.39, 0.29) is 25.0 Å². The molecule has 1 aliphatic carbocycles. The third kappa shape index (κ3) is 4.84. The van der Waals surface area contributed by atoms with Crippen molar-refractivity contribution < 1.29 is 19.1 Å². The zero-order valence-corrected chi connectivity index (χ0v) is 14.1. The first-order valence-corrected chi connectivity index (χ1v) is 8.37. The van der Waals surface area contributed by atoms with Gasteiger partial charge in [0.1, 0.15) is 19.0 Å². The molecule has 0 spiro atoms. The van der Waals surface area contributed by atoms with Crippen LogP contribution in [0, 0.1) is 17.2 Å². The van der Waals surface area contributed by atoms with Crippen LogP contribution >= 0.6 is 0 Å². The van der Waals surface area contributed by atoms with Crippen molar-refractivity contribution in [2.45, 2.75) is 12.8 Å². The third-order valence-corrected chi connectivity index (χ3v) is 3.90. The highest BCUT2D eigenvalue weighted by atomic mass is 16.6. The van der Waals surface area contributed by atoms with Crippen LogP contribution in [-0.2, 0) is 9.53 Å². The minimum atomic E-state index is -0.450. The molecule has 2 aromatic carbocycles. The summed E-state index contributed by atoms with van der Waals surface area (Å²) in [5.74, 6) is 0.320. The predicted octanol–water partition coefficient (Wildman–Crippen LogP) is 3.14. The molecule has 1 fully saturated rings. The largest absolute Gasteiger partial charge is 0.490 e. The van der Waals surface area contributed by atoms with Gasteiger partial charge in [0, 0.05) is 11.6 Å². The number of esters is 1. The minimum absolute atomic E-state index is 0.0280. The molecule has 0 radical (unpaired) electrons. The van der Waals surface area contributed by atoms with Crippen LogP contribution in [0.4, 0.5) is 5.69 Å². The lowest BCUT2D eigenvalue weighted by atomic mass is 10.2. The molecule has 6 nitrogen and oxygen atoms in total. The summed E-state index contributed by atoms with van der Waals surface area (Å²) < 4.78 is 10.6. The topological polar surface area (TPSA) is 88.4 Å². The SMILES string of the molecule is N#Cc1ccc(OCCOC(=O)c2ccc(NC(=O)C3CC3)cc2)cc1. The molecule has 1 aliphatic rings. The summed E-state index contributed by atoms with van der Waals surface area (Å²) in [6, 6.07) is 15.3. The predicted molar refractivity (Wildman–Crippen MR) is 94.7 cm³/mol. The number of carbonyl (C=O) groups is 2. The number of rotatable bonds is 7. The summed E-state index contributed by atoms with van der Waals surface area (Å²) in [4.78, 5) is 23.7. The fourth-order valence-corrected chi connectivity index (χ4v) is 2.28. The van der Waals surface area contributed by atoms with Gasteiger partial charge < -0.3 is 14.8 Å². The molecule has 132 valence electrons. The van der Waals surface area contributed by atoms with E-state index in [2.05, 4.69) is 5.32 Å². The lowest BCUT2D eigenvalue weighted by Gasteiger charge is -2.08. The van der Waals surface area contributed by atoms with Gasteiger partial charge in [-0.2, -0.15) is 5.26 Å². The Morgan fingerprint density at radius 3 is 2.35 bits per heavy atom. The number of hydrogen-bond donors (Lipinski definition) is 1. The first-order valence-electron chi connectivity index (χ1n) is 8.37. The molecule has 0 unspecified atom stereocenters. The average Bonchev–Trinajstić information content (AvgIpc) is 3.51. The quantitative estimate of drug-likeness (QED) is 0.612. The molecule has 0 heterocycles. The van der Waals surface area contributed by atoms with Crippen molar-refractivity contribution in [2.24, 2.45) is 5.92 Å². The molecular formula is C20H18N2O4. The van der Waals surface area contributed by atoms with Crippen molar-refractivity contribution in [3.8, 4) is 11.8 Å². The number of hydrogen-bond acceptors (Lipinski definition) is 5. The summed E-state index contributed by atoms with van der Waals surface area (Å²) in [6.45, 7) is 0.326. The normalized spacial score (nSPS) is 12.7. The van der Waals surface area contributed by atoms with E-state index in [4.69, 9.17) is 14.7 Å². The second-order valence-electron chi connectivity index (χ2n) is 5.96. The Morgan fingerprint density at radius 2 is 1.73 bits per heavy atom. The van der Waals surface area contributed by atoms with Crippen LogP contribution in [0.2, 0.25) is 0 Å². The van der Waals surface area contributed by atoms with Crippen molar-refractivity contribution in [1.29, 1.82) is 5.26 Å². The minimum Gasteiger partial charge on any atom is -0.490 e. The van der Waals surface area contributed by atoms with Crippen LogP contribution in [0.25, 0.3) is 0 Å². The molecular weight excluding hydrogens is 332 g/mol. The lowest BCUT2D eigenvalue weighted by molar-refractivity contribution is -0.117. The van der Waals surface area contributed by atoms with Gasteiger partial charge in [-0.05, 0) is 61.4 Å². The van der Waals surface area contributed by atoms with Crippen LogP contribution in [-0.4, -0.2) is 25.1 Å². The number of nitrogens with one attached hydrogen (secondary N) is 1. The smallest absolute Gasteiger partial charge is 0.338 e. The second-order valence-corrected chi connectivity index (χ2v) is 5.96. The highest BCUT2D eigenvalue weighted by molar-refractivity contribution is 5.95. The molecule has 2 aromatic rings. The van der Waals surface area contributed by atoms with Gasteiger partial charge in [0.25, 0.3) is 0 Å². The second kappa shape index (κ2) is 8.17. The molecule has 26 heavy (non-hydrogen) atoms. The van der Waals surface area contributed by atoms with E-state index in [1.54, 1.807) is 48.5 Å². The molecule has 0 aromatic heterocycles. The summed E-state index contributed by atoms with van der Waals surface area (Å²) in [7, 11) is 0. The Bertz CT molecular complexity index is 818. The van der Waals surface area contributed by atoms with Crippen molar-refractivity contribution in [2.75, 3.05) is 18.5 Å². The van der Waals surface area contributed by atoms with E-state index in [1.807, 2.05) is 6.07 Å². The van der Waals surface area contributed by atoms with Gasteiger partial charge >= 0.3 is 5.97 Å². The molecule has 0 saturated heterocycles. The van der Waals surface area contributed by atoms with Crippen molar-refractivity contribution in [1.82, 2.24) is 0 Å². The first kappa shape index (κ1) is 17.5. The zero-order valence-electron chi connectivity index (χ0n) is 14.1. The number of nitriles is 1. The number of nitrogens with zero attached hydrogens (tertiary/aromatic N) is 1. The van der Waals surface area contributed by atoms with E-state index in [9.17, 15) is 9.59 Å². The van der Waals surface area contributed by atoms with E-state index >= 15 is 0 Å². The Hall–Kier alpha value is -3.33. The number of carbonyl (C=O) groups excluding carboxylic acids is 2. The van der Waals surface area contributed by atoms with Crippen molar-refractivity contribution >= 4 is 17.6 Å². The van der Waals surface area contributed by atoms with Crippen LogP contribution in [0.3, 0.4) is 0 Å². The third-order valence-electron chi connectivity index (χ3n) is 3.90. The molecule has 1 saturated carbocycles. The maximum atomic E-state index is 12.0. The highest BCUT2D eigenvalue weighted by Gasteiger charge is 2.29. The first-order chi connectivity index (χ1) is 12.7. The van der Waals surface area contributed by atoms with Crippen LogP contribution in [0.1, 0.15) is 28.8 Å². The van der Waals surface area contributed by atoms with Gasteiger partial charge in [0.05, 0.1) is 17.2 Å². The number of ether oxygens (including phenoxy) is 2. The van der Waals surface area contributed by atoms with Crippen LogP contribution in [0.15, 0.2) is 48.5 Å². The van der Waals surface area contributed by atoms with Crippen molar-refractivity contribution in [3.63, 3.8) is 0 Å². The van der Waals surface area contributed by atoms with Gasteiger partial charge in [0.15, 0.2) is 0 Å². The molecule has 1 amide bonds. The summed E-state index contributed by atoms with van der Waals surface area (Å²) >= 11 is 0. The maximum absolute atomic E-state index is 12.0. The standard InChI is InChI=1S/C20H18N2O4/c21-13-14-1-9-18(10-2-14)25-11-12-26-20(24)16-5-7-17(8-6-16)22-19(23)15-3-4-15/h1-2,5-10,15H,3-4,11-12H2,(H,22,23). The molecule has 3 rings (SSSR count). The number of amides is 1. The summed E-state index contributed by atoms with van der Waals surface area (Å²) in [5.41, 5.74) is 1.64. The van der Waals surface area contributed by atoms with Gasteiger partial charge in [-0.15, -0.1) is 0 Å². The molecule has 0 atom stereocenters. The van der Waals surface area contributed by atoms with E-state index in [0.29, 0.717) is 22.6 Å². The Kier molecular flexibility index (Phi) is 5.49. The fourth-order valence-electron chi connectivity index (χ4n) is 2.28. The lowest BCUT2D eigenvalue weighted by Crippen LogP contribution is -2.14. The average molecular weight is 350 g/mol. The molecule has 6 heteroatoms. The van der Waals surface area contributed by atoms with Crippen molar-refractivity contribution in [3.05, 3.63) is 59.7 Å². The monoisotopic (exact) mass is 350 g/mol. The van der Waals surface area contributed by atoms with E-state index < -0.39 is 5.97 Å². The highest BCUT2D eigenvalue weighted by Crippen LogP contribution is 2.30. The van der Waals surface area contributed by atoms with Crippen LogP contribution < -0.4 is 10.1 Å². The van der Waals surface area contributed by atoms with Gasteiger partial charge in [-0.1, -0.05) is 0 Å².